The van der Waals surface area contributed by atoms with E-state index in [-0.39, 0.29) is 11.8 Å². The van der Waals surface area contributed by atoms with Crippen molar-refractivity contribution in [2.24, 2.45) is 5.73 Å². The van der Waals surface area contributed by atoms with Crippen molar-refractivity contribution in [2.75, 3.05) is 0 Å². The second kappa shape index (κ2) is 5.10. The quantitative estimate of drug-likeness (QED) is 0.910. The van der Waals surface area contributed by atoms with Gasteiger partial charge >= 0.3 is 0 Å². The van der Waals surface area contributed by atoms with Gasteiger partial charge in [-0.3, -0.25) is 0 Å². The zero-order valence-electron chi connectivity index (χ0n) is 9.73. The third-order valence-corrected chi connectivity index (χ3v) is 2.40. The lowest BCUT2D eigenvalue weighted by atomic mass is 10.2. The summed E-state index contributed by atoms with van der Waals surface area (Å²) in [6.07, 6.45) is 1.58. The molecule has 0 bridgehead atoms. The molecule has 0 spiro atoms. The molecule has 1 heterocycles. The number of aromatic nitrogens is 1. The Hall–Kier alpha value is -2.01. The zero-order valence-corrected chi connectivity index (χ0v) is 9.73. The van der Waals surface area contributed by atoms with Crippen molar-refractivity contribution >= 4 is 0 Å². The molecule has 0 radical (unpaired) electrons. The van der Waals surface area contributed by atoms with Gasteiger partial charge in [0.25, 0.3) is 0 Å². The van der Waals surface area contributed by atoms with E-state index in [0.717, 1.165) is 17.7 Å². The number of benzene rings is 1. The molecule has 5 heteroatoms. The lowest BCUT2D eigenvalue weighted by Gasteiger charge is -2.07. The highest BCUT2D eigenvalue weighted by Crippen LogP contribution is 2.22. The average molecular weight is 250 g/mol. The molecular formula is C13H12F2N2O. The van der Waals surface area contributed by atoms with Crippen molar-refractivity contribution in [2.45, 2.75) is 13.0 Å². The molecule has 3 nitrogen and oxygen atoms in total. The van der Waals surface area contributed by atoms with Gasteiger partial charge in [-0.15, -0.1) is 0 Å². The Morgan fingerprint density at radius 1 is 1.17 bits per heavy atom. The molecule has 0 saturated heterocycles. The smallest absolute Gasteiger partial charge is 0.219 e. The minimum Gasteiger partial charge on any atom is -0.439 e. The Kier molecular flexibility index (Phi) is 3.53. The standard InChI is InChI=1S/C13H12F2N2O/c1-8(16)9-2-5-13(17-7-9)18-10-3-4-11(14)12(15)6-10/h2-8H,16H2,1H3/t8-/m0/s1. The summed E-state index contributed by atoms with van der Waals surface area (Å²) in [5.41, 5.74) is 6.55. The highest BCUT2D eigenvalue weighted by atomic mass is 19.2. The van der Waals surface area contributed by atoms with Gasteiger partial charge in [-0.2, -0.15) is 0 Å². The molecule has 0 aliphatic carbocycles. The molecule has 1 aromatic carbocycles. The number of hydrogen-bond donors (Lipinski definition) is 1. The lowest BCUT2D eigenvalue weighted by molar-refractivity contribution is 0.447. The molecule has 2 rings (SSSR count). The number of nitrogens with two attached hydrogens (primary N) is 1. The summed E-state index contributed by atoms with van der Waals surface area (Å²) in [6.45, 7) is 1.84. The first-order valence-electron chi connectivity index (χ1n) is 5.40. The minimum absolute atomic E-state index is 0.116. The number of halogens is 2. The maximum Gasteiger partial charge on any atom is 0.219 e. The Morgan fingerprint density at radius 2 is 1.94 bits per heavy atom. The third-order valence-electron chi connectivity index (χ3n) is 2.40. The van der Waals surface area contributed by atoms with Crippen LogP contribution in [-0.2, 0) is 0 Å². The fraction of sp³-hybridized carbons (Fsp3) is 0.154. The van der Waals surface area contributed by atoms with E-state index >= 15 is 0 Å². The number of ether oxygens (including phenoxy) is 1. The van der Waals surface area contributed by atoms with Crippen LogP contribution in [0.3, 0.4) is 0 Å². The van der Waals surface area contributed by atoms with Crippen molar-refractivity contribution in [1.82, 2.24) is 4.98 Å². The second-order valence-electron chi connectivity index (χ2n) is 3.90. The minimum atomic E-state index is -0.959. The summed E-state index contributed by atoms with van der Waals surface area (Å²) in [7, 11) is 0. The van der Waals surface area contributed by atoms with Gasteiger partial charge < -0.3 is 10.5 Å². The van der Waals surface area contributed by atoms with Gasteiger partial charge in [-0.25, -0.2) is 13.8 Å². The van der Waals surface area contributed by atoms with E-state index in [2.05, 4.69) is 4.98 Å². The summed E-state index contributed by atoms with van der Waals surface area (Å²) >= 11 is 0. The molecular weight excluding hydrogens is 238 g/mol. The molecule has 0 aliphatic rings. The Balaban J connectivity index is 2.15. The fourth-order valence-electron chi connectivity index (χ4n) is 1.38. The summed E-state index contributed by atoms with van der Waals surface area (Å²) in [5.74, 6) is -1.39. The van der Waals surface area contributed by atoms with E-state index in [9.17, 15) is 8.78 Å². The Labute approximate surface area is 103 Å². The van der Waals surface area contributed by atoms with Crippen LogP contribution in [0, 0.1) is 11.6 Å². The van der Waals surface area contributed by atoms with Gasteiger partial charge in [0.2, 0.25) is 5.88 Å². The number of pyridine rings is 1. The second-order valence-corrected chi connectivity index (χ2v) is 3.90. The summed E-state index contributed by atoms with van der Waals surface area (Å²) < 4.78 is 31.0. The molecule has 1 aromatic heterocycles. The zero-order chi connectivity index (χ0) is 13.1. The van der Waals surface area contributed by atoms with Gasteiger partial charge in [-0.1, -0.05) is 6.07 Å². The van der Waals surface area contributed by atoms with Gasteiger partial charge in [0.15, 0.2) is 11.6 Å². The van der Waals surface area contributed by atoms with Gasteiger partial charge in [0, 0.05) is 24.4 Å². The normalized spacial score (nSPS) is 12.2. The van der Waals surface area contributed by atoms with Crippen LogP contribution in [-0.4, -0.2) is 4.98 Å². The van der Waals surface area contributed by atoms with E-state index in [1.165, 1.54) is 6.07 Å². The summed E-state index contributed by atoms with van der Waals surface area (Å²) in [4.78, 5) is 4.03. The van der Waals surface area contributed by atoms with Crippen LogP contribution >= 0.6 is 0 Å². The van der Waals surface area contributed by atoms with Gasteiger partial charge in [0.1, 0.15) is 5.75 Å². The summed E-state index contributed by atoms with van der Waals surface area (Å²) in [6, 6.07) is 6.58. The molecule has 0 fully saturated rings. The molecule has 2 N–H and O–H groups in total. The largest absolute Gasteiger partial charge is 0.439 e. The van der Waals surface area contributed by atoms with Crippen LogP contribution in [0.4, 0.5) is 8.78 Å². The van der Waals surface area contributed by atoms with Gasteiger partial charge in [-0.05, 0) is 24.6 Å². The van der Waals surface area contributed by atoms with Crippen molar-refractivity contribution in [3.8, 4) is 11.6 Å². The maximum atomic E-state index is 13.0. The van der Waals surface area contributed by atoms with E-state index < -0.39 is 11.6 Å². The van der Waals surface area contributed by atoms with Crippen LogP contribution in [0.25, 0.3) is 0 Å². The summed E-state index contributed by atoms with van der Waals surface area (Å²) in [5, 5.41) is 0. The van der Waals surface area contributed by atoms with Crippen molar-refractivity contribution in [1.29, 1.82) is 0 Å². The Morgan fingerprint density at radius 3 is 2.50 bits per heavy atom. The maximum absolute atomic E-state index is 13.0. The predicted molar refractivity (Wildman–Crippen MR) is 63.3 cm³/mol. The van der Waals surface area contributed by atoms with E-state index in [0.29, 0.717) is 5.88 Å². The van der Waals surface area contributed by atoms with E-state index in [1.54, 1.807) is 18.3 Å². The number of rotatable bonds is 3. The number of nitrogens with zero attached hydrogens (tertiary/aromatic N) is 1. The van der Waals surface area contributed by atoms with Crippen LogP contribution in [0.15, 0.2) is 36.5 Å². The highest BCUT2D eigenvalue weighted by molar-refractivity contribution is 5.29. The molecule has 0 amide bonds. The van der Waals surface area contributed by atoms with Crippen molar-refractivity contribution in [3.63, 3.8) is 0 Å². The monoisotopic (exact) mass is 250 g/mol. The van der Waals surface area contributed by atoms with Crippen LogP contribution in [0.1, 0.15) is 18.5 Å². The first-order chi connectivity index (χ1) is 8.56. The molecule has 18 heavy (non-hydrogen) atoms. The van der Waals surface area contributed by atoms with Crippen LogP contribution in [0.5, 0.6) is 11.6 Å². The molecule has 2 aromatic rings. The molecule has 1 atom stereocenters. The van der Waals surface area contributed by atoms with Crippen LogP contribution in [0.2, 0.25) is 0 Å². The van der Waals surface area contributed by atoms with Gasteiger partial charge in [0.05, 0.1) is 0 Å². The molecule has 0 aliphatic heterocycles. The SMILES string of the molecule is C[C@H](N)c1ccc(Oc2ccc(F)c(F)c2)nc1. The first kappa shape index (κ1) is 12.4. The fourth-order valence-corrected chi connectivity index (χ4v) is 1.38. The highest BCUT2D eigenvalue weighted by Gasteiger charge is 2.05. The van der Waals surface area contributed by atoms with Crippen molar-refractivity contribution in [3.05, 3.63) is 53.7 Å². The number of hydrogen-bond acceptors (Lipinski definition) is 3. The predicted octanol–water partition coefficient (Wildman–Crippen LogP) is 3.17. The van der Waals surface area contributed by atoms with E-state index in [4.69, 9.17) is 10.5 Å². The molecule has 0 saturated carbocycles. The molecule has 94 valence electrons. The van der Waals surface area contributed by atoms with Crippen molar-refractivity contribution < 1.29 is 13.5 Å². The van der Waals surface area contributed by atoms with Crippen LogP contribution < -0.4 is 10.5 Å². The van der Waals surface area contributed by atoms with E-state index in [1.807, 2.05) is 6.92 Å². The third kappa shape index (κ3) is 2.81. The lowest BCUT2D eigenvalue weighted by Crippen LogP contribution is -2.05. The topological polar surface area (TPSA) is 48.1 Å². The average Bonchev–Trinajstić information content (AvgIpc) is 2.34. The Bertz CT molecular complexity index is 541. The molecule has 0 unspecified atom stereocenters. The first-order valence-corrected chi connectivity index (χ1v) is 5.40.